The fraction of sp³-hybridized carbons (Fsp3) is 0.625. The molecule has 0 radical (unpaired) electrons. The average molecular weight is 292 g/mol. The number of benzene rings is 1. The smallest absolute Gasteiger partial charge is 0.269 e. The summed E-state index contributed by atoms with van der Waals surface area (Å²) >= 11 is 0. The Morgan fingerprint density at radius 3 is 2.95 bits per heavy atom. The molecule has 5 heteroatoms. The Kier molecular flexibility index (Phi) is 5.70. The number of hydrogen-bond acceptors (Lipinski definition) is 4. The number of nitro benzene ring substituents is 1. The summed E-state index contributed by atoms with van der Waals surface area (Å²) in [5.41, 5.74) is 1.10. The van der Waals surface area contributed by atoms with Gasteiger partial charge in [0.25, 0.3) is 5.69 Å². The highest BCUT2D eigenvalue weighted by molar-refractivity contribution is 5.35. The van der Waals surface area contributed by atoms with E-state index in [1.54, 1.807) is 12.1 Å². The average Bonchev–Trinajstić information content (AvgIpc) is 2.48. The molecule has 0 amide bonds. The summed E-state index contributed by atoms with van der Waals surface area (Å²) in [6, 6.07) is 6.97. The Hall–Kier alpha value is -1.46. The number of nitrogens with one attached hydrogen (secondary N) is 1. The molecule has 1 aromatic rings. The molecule has 1 saturated carbocycles. The molecule has 0 saturated heterocycles. The lowest BCUT2D eigenvalue weighted by Crippen LogP contribution is -2.31. The van der Waals surface area contributed by atoms with E-state index in [0.717, 1.165) is 44.2 Å². The van der Waals surface area contributed by atoms with Crippen LogP contribution in [0.3, 0.4) is 0 Å². The van der Waals surface area contributed by atoms with Gasteiger partial charge in [0.05, 0.1) is 11.0 Å². The Labute approximate surface area is 125 Å². The first-order valence-corrected chi connectivity index (χ1v) is 7.76. The first kappa shape index (κ1) is 15.9. The van der Waals surface area contributed by atoms with Crippen molar-refractivity contribution in [1.82, 2.24) is 5.32 Å². The van der Waals surface area contributed by atoms with E-state index in [0.29, 0.717) is 5.92 Å². The van der Waals surface area contributed by atoms with Gasteiger partial charge in [0.1, 0.15) is 0 Å². The number of aliphatic hydroxyl groups excluding tert-OH is 1. The number of nitrogens with zero attached hydrogens (tertiary/aromatic N) is 1. The molecule has 21 heavy (non-hydrogen) atoms. The second kappa shape index (κ2) is 7.52. The van der Waals surface area contributed by atoms with E-state index in [-0.39, 0.29) is 22.8 Å². The Balaban J connectivity index is 1.96. The lowest BCUT2D eigenvalue weighted by Gasteiger charge is -2.28. The zero-order chi connectivity index (χ0) is 15.2. The summed E-state index contributed by atoms with van der Waals surface area (Å²) in [7, 11) is 0. The third kappa shape index (κ3) is 4.51. The summed E-state index contributed by atoms with van der Waals surface area (Å²) in [6.45, 7) is 2.93. The van der Waals surface area contributed by atoms with Crippen LogP contribution < -0.4 is 5.32 Å². The summed E-state index contributed by atoms with van der Waals surface area (Å²) in [4.78, 5) is 10.5. The van der Waals surface area contributed by atoms with Crippen LogP contribution in [-0.2, 0) is 0 Å². The van der Waals surface area contributed by atoms with Crippen LogP contribution in [0.1, 0.15) is 50.6 Å². The Morgan fingerprint density at radius 1 is 1.48 bits per heavy atom. The van der Waals surface area contributed by atoms with Crippen LogP contribution in [0.5, 0.6) is 0 Å². The summed E-state index contributed by atoms with van der Waals surface area (Å²) in [5, 5.41) is 24.1. The first-order valence-electron chi connectivity index (χ1n) is 7.76. The minimum absolute atomic E-state index is 0.129. The number of rotatable bonds is 6. The van der Waals surface area contributed by atoms with Crippen molar-refractivity contribution >= 4 is 5.69 Å². The van der Waals surface area contributed by atoms with Gasteiger partial charge in [0.15, 0.2) is 0 Å². The lowest BCUT2D eigenvalue weighted by molar-refractivity contribution is -0.384. The summed E-state index contributed by atoms with van der Waals surface area (Å²) in [6.07, 6.45) is 4.73. The molecule has 1 aliphatic carbocycles. The summed E-state index contributed by atoms with van der Waals surface area (Å²) in [5.74, 6) is 0.501. The van der Waals surface area contributed by atoms with Gasteiger partial charge in [0, 0.05) is 18.2 Å². The van der Waals surface area contributed by atoms with Crippen LogP contribution in [0, 0.1) is 16.0 Å². The molecule has 3 atom stereocenters. The van der Waals surface area contributed by atoms with Crippen molar-refractivity contribution in [2.45, 2.75) is 51.2 Å². The largest absolute Gasteiger partial charge is 0.393 e. The van der Waals surface area contributed by atoms with Crippen molar-refractivity contribution < 1.29 is 10.0 Å². The Morgan fingerprint density at radius 2 is 2.29 bits per heavy atom. The van der Waals surface area contributed by atoms with E-state index in [4.69, 9.17) is 0 Å². The number of aliphatic hydroxyl groups is 1. The van der Waals surface area contributed by atoms with E-state index >= 15 is 0 Å². The fourth-order valence-corrected chi connectivity index (χ4v) is 3.11. The van der Waals surface area contributed by atoms with Gasteiger partial charge in [-0.25, -0.2) is 0 Å². The molecule has 0 aromatic heterocycles. The molecule has 0 aliphatic heterocycles. The molecular formula is C16H24N2O3. The van der Waals surface area contributed by atoms with Crippen molar-refractivity contribution in [2.24, 2.45) is 5.92 Å². The topological polar surface area (TPSA) is 75.4 Å². The van der Waals surface area contributed by atoms with E-state index in [9.17, 15) is 15.2 Å². The molecular weight excluding hydrogens is 268 g/mol. The highest BCUT2D eigenvalue weighted by Crippen LogP contribution is 2.26. The van der Waals surface area contributed by atoms with E-state index in [1.807, 2.05) is 6.07 Å². The van der Waals surface area contributed by atoms with Gasteiger partial charge in [-0.1, -0.05) is 25.5 Å². The molecule has 1 aliphatic rings. The molecule has 2 rings (SSSR count). The lowest BCUT2D eigenvalue weighted by atomic mass is 9.87. The van der Waals surface area contributed by atoms with Gasteiger partial charge in [0.2, 0.25) is 0 Å². The van der Waals surface area contributed by atoms with Crippen LogP contribution >= 0.6 is 0 Å². The zero-order valence-electron chi connectivity index (χ0n) is 12.5. The normalized spacial score (nSPS) is 23.7. The number of nitro groups is 1. The third-order valence-electron chi connectivity index (χ3n) is 4.30. The molecule has 116 valence electrons. The molecule has 0 spiro atoms. The van der Waals surface area contributed by atoms with Crippen LogP contribution in [0.2, 0.25) is 0 Å². The van der Waals surface area contributed by atoms with Crippen molar-refractivity contribution in [3.8, 4) is 0 Å². The monoisotopic (exact) mass is 292 g/mol. The molecule has 5 nitrogen and oxygen atoms in total. The summed E-state index contributed by atoms with van der Waals surface area (Å²) < 4.78 is 0. The number of non-ortho nitro benzene ring substituents is 1. The number of hydrogen-bond donors (Lipinski definition) is 2. The van der Waals surface area contributed by atoms with Crippen LogP contribution in [0.25, 0.3) is 0 Å². The standard InChI is InChI=1S/C16H24N2O3/c1-2-16(13-6-4-7-14(10-13)18(20)21)17-11-12-5-3-8-15(19)9-12/h4,6-7,10,12,15-17,19H,2-3,5,8-9,11H2,1H3. The predicted molar refractivity (Wildman–Crippen MR) is 82.1 cm³/mol. The van der Waals surface area contributed by atoms with Crippen LogP contribution in [-0.4, -0.2) is 22.7 Å². The first-order chi connectivity index (χ1) is 10.1. The van der Waals surface area contributed by atoms with Gasteiger partial charge in [-0.15, -0.1) is 0 Å². The molecule has 1 fully saturated rings. The van der Waals surface area contributed by atoms with Crippen LogP contribution in [0.15, 0.2) is 24.3 Å². The SMILES string of the molecule is CCC(NCC1CCCC(O)C1)c1cccc([N+](=O)[O-])c1. The van der Waals surface area contributed by atoms with Gasteiger partial charge >= 0.3 is 0 Å². The molecule has 2 N–H and O–H groups in total. The molecule has 1 aromatic carbocycles. The quantitative estimate of drug-likeness (QED) is 0.623. The fourth-order valence-electron chi connectivity index (χ4n) is 3.11. The van der Waals surface area contributed by atoms with Crippen molar-refractivity contribution in [3.05, 3.63) is 39.9 Å². The van der Waals surface area contributed by atoms with Gasteiger partial charge in [-0.3, -0.25) is 10.1 Å². The van der Waals surface area contributed by atoms with Crippen molar-refractivity contribution in [3.63, 3.8) is 0 Å². The van der Waals surface area contributed by atoms with Crippen LogP contribution in [0.4, 0.5) is 5.69 Å². The van der Waals surface area contributed by atoms with E-state index < -0.39 is 0 Å². The molecule has 0 bridgehead atoms. The van der Waals surface area contributed by atoms with E-state index in [2.05, 4.69) is 12.2 Å². The maximum atomic E-state index is 10.9. The third-order valence-corrected chi connectivity index (χ3v) is 4.30. The Bertz CT molecular complexity index is 478. The minimum Gasteiger partial charge on any atom is -0.393 e. The maximum absolute atomic E-state index is 10.9. The zero-order valence-corrected chi connectivity index (χ0v) is 12.5. The predicted octanol–water partition coefficient (Wildman–Crippen LogP) is 3.19. The molecule has 3 unspecified atom stereocenters. The van der Waals surface area contributed by atoms with E-state index in [1.165, 1.54) is 6.07 Å². The van der Waals surface area contributed by atoms with Crippen molar-refractivity contribution in [2.75, 3.05) is 6.54 Å². The maximum Gasteiger partial charge on any atom is 0.269 e. The molecule has 0 heterocycles. The van der Waals surface area contributed by atoms with Gasteiger partial charge < -0.3 is 10.4 Å². The van der Waals surface area contributed by atoms with Gasteiger partial charge in [-0.2, -0.15) is 0 Å². The second-order valence-corrected chi connectivity index (χ2v) is 5.91. The second-order valence-electron chi connectivity index (χ2n) is 5.91. The highest BCUT2D eigenvalue weighted by Gasteiger charge is 2.21. The van der Waals surface area contributed by atoms with Gasteiger partial charge in [-0.05, 0) is 43.7 Å². The highest BCUT2D eigenvalue weighted by atomic mass is 16.6. The van der Waals surface area contributed by atoms with Crippen molar-refractivity contribution in [1.29, 1.82) is 0 Å². The minimum atomic E-state index is -0.353.